The molecule has 1 aromatic carbocycles. The number of hydrogen-bond donors (Lipinski definition) is 0. The van der Waals surface area contributed by atoms with Gasteiger partial charge in [0.2, 0.25) is 5.91 Å². The molecule has 0 radical (unpaired) electrons. The van der Waals surface area contributed by atoms with Crippen LogP contribution in [-0.4, -0.2) is 41.5 Å². The van der Waals surface area contributed by atoms with E-state index in [1.807, 2.05) is 49.6 Å². The lowest BCUT2D eigenvalue weighted by Crippen LogP contribution is -2.44. The van der Waals surface area contributed by atoms with E-state index in [1.165, 1.54) is 0 Å². The molecule has 0 saturated carbocycles. The molecule has 2 bridgehead atoms. The second-order valence-corrected chi connectivity index (χ2v) is 6.15. The Morgan fingerprint density at radius 3 is 2.96 bits per heavy atom. The number of nitrogens with zero attached hydrogens (tertiary/aromatic N) is 3. The zero-order valence-corrected chi connectivity index (χ0v) is 13.1. The van der Waals surface area contributed by atoms with E-state index >= 15 is 0 Å². The Morgan fingerprint density at radius 2 is 2.13 bits per heavy atom. The molecule has 3 heterocycles. The number of benzene rings is 1. The Hall–Kier alpha value is -2.40. The zero-order chi connectivity index (χ0) is 15.8. The van der Waals surface area contributed by atoms with Gasteiger partial charge in [0, 0.05) is 39.0 Å². The number of carbonyl (C=O) groups is 1. The zero-order valence-electron chi connectivity index (χ0n) is 13.1. The molecule has 23 heavy (non-hydrogen) atoms. The Labute approximate surface area is 135 Å². The minimum absolute atomic E-state index is 0.0514. The van der Waals surface area contributed by atoms with E-state index in [2.05, 4.69) is 9.88 Å². The van der Waals surface area contributed by atoms with Gasteiger partial charge in [-0.25, -0.2) is 0 Å². The van der Waals surface area contributed by atoms with Crippen molar-refractivity contribution in [1.82, 2.24) is 9.88 Å². The minimum atomic E-state index is -0.140. The number of fused-ring (bicyclic) bond motifs is 3. The van der Waals surface area contributed by atoms with Crippen LogP contribution in [0.25, 0.3) is 0 Å². The van der Waals surface area contributed by atoms with Crippen LogP contribution in [0.15, 0.2) is 48.8 Å². The predicted octanol–water partition coefficient (Wildman–Crippen LogP) is 2.08. The highest BCUT2D eigenvalue weighted by Crippen LogP contribution is 2.35. The van der Waals surface area contributed by atoms with E-state index in [-0.39, 0.29) is 18.1 Å². The van der Waals surface area contributed by atoms with Gasteiger partial charge in [-0.3, -0.25) is 14.7 Å². The maximum atomic E-state index is 12.9. The summed E-state index contributed by atoms with van der Waals surface area (Å²) in [7, 11) is 1.82. The third kappa shape index (κ3) is 2.57. The SMILES string of the molecule is CN1C(=O)C2CC(CN2Cc2cccnc2)Oc2ccccc21. The standard InChI is InChI=1S/C18H19N3O2/c1-20-15-6-2-3-7-17(15)23-14-9-16(18(20)22)21(12-14)11-13-5-4-8-19-10-13/h2-8,10,14,16H,9,11-12H2,1H3. The van der Waals surface area contributed by atoms with Crippen molar-refractivity contribution in [3.8, 4) is 5.75 Å². The molecule has 2 unspecified atom stereocenters. The molecule has 2 aromatic rings. The van der Waals surface area contributed by atoms with Gasteiger partial charge in [0.15, 0.2) is 0 Å². The van der Waals surface area contributed by atoms with Crippen LogP contribution in [0.1, 0.15) is 12.0 Å². The number of para-hydroxylation sites is 2. The molecule has 4 rings (SSSR count). The number of ether oxygens (including phenoxy) is 1. The number of anilines is 1. The molecule has 5 nitrogen and oxygen atoms in total. The number of carbonyl (C=O) groups excluding carboxylic acids is 1. The van der Waals surface area contributed by atoms with Gasteiger partial charge in [0.1, 0.15) is 11.9 Å². The highest BCUT2D eigenvalue weighted by Gasteiger charge is 2.41. The van der Waals surface area contributed by atoms with Gasteiger partial charge in [-0.15, -0.1) is 0 Å². The van der Waals surface area contributed by atoms with Crippen LogP contribution < -0.4 is 9.64 Å². The third-order valence-electron chi connectivity index (χ3n) is 4.61. The van der Waals surface area contributed by atoms with E-state index in [0.717, 1.165) is 30.0 Å². The lowest BCUT2D eigenvalue weighted by molar-refractivity contribution is -0.122. The number of likely N-dealkylation sites (N-methyl/N-ethyl adjacent to an activating group) is 1. The van der Waals surface area contributed by atoms with Gasteiger partial charge in [0.25, 0.3) is 0 Å². The number of likely N-dealkylation sites (tertiary alicyclic amines) is 1. The highest BCUT2D eigenvalue weighted by atomic mass is 16.5. The molecular weight excluding hydrogens is 290 g/mol. The molecule has 0 N–H and O–H groups in total. The van der Waals surface area contributed by atoms with Gasteiger partial charge < -0.3 is 9.64 Å². The Balaban J connectivity index is 1.63. The summed E-state index contributed by atoms with van der Waals surface area (Å²) in [5.74, 6) is 0.919. The maximum absolute atomic E-state index is 12.9. The average molecular weight is 309 g/mol. The number of amides is 1. The molecule has 118 valence electrons. The van der Waals surface area contributed by atoms with Crippen LogP contribution >= 0.6 is 0 Å². The number of pyridine rings is 1. The van der Waals surface area contributed by atoms with E-state index < -0.39 is 0 Å². The molecule has 2 atom stereocenters. The monoisotopic (exact) mass is 309 g/mol. The molecule has 2 aliphatic rings. The summed E-state index contributed by atoms with van der Waals surface area (Å²) in [6.45, 7) is 1.47. The van der Waals surface area contributed by atoms with Crippen LogP contribution in [0.5, 0.6) is 5.75 Å². The summed E-state index contributed by atoms with van der Waals surface area (Å²) in [6, 6.07) is 11.6. The molecule has 1 aromatic heterocycles. The van der Waals surface area contributed by atoms with E-state index in [0.29, 0.717) is 6.54 Å². The maximum Gasteiger partial charge on any atom is 0.244 e. The molecule has 0 spiro atoms. The lowest BCUT2D eigenvalue weighted by Gasteiger charge is -2.29. The van der Waals surface area contributed by atoms with Gasteiger partial charge in [-0.2, -0.15) is 0 Å². The first-order chi connectivity index (χ1) is 11.2. The van der Waals surface area contributed by atoms with E-state index in [4.69, 9.17) is 4.74 Å². The minimum Gasteiger partial charge on any atom is -0.487 e. The van der Waals surface area contributed by atoms with Crippen molar-refractivity contribution in [2.45, 2.75) is 25.1 Å². The molecule has 2 aliphatic heterocycles. The summed E-state index contributed by atoms with van der Waals surface area (Å²) in [4.78, 5) is 21.0. The van der Waals surface area contributed by atoms with Crippen molar-refractivity contribution in [2.75, 3.05) is 18.5 Å². The number of hydrogen-bond acceptors (Lipinski definition) is 4. The Bertz CT molecular complexity index is 719. The van der Waals surface area contributed by atoms with Crippen molar-refractivity contribution >= 4 is 11.6 Å². The van der Waals surface area contributed by atoms with Crippen LogP contribution in [0, 0.1) is 0 Å². The fraction of sp³-hybridized carbons (Fsp3) is 0.333. The van der Waals surface area contributed by atoms with Crippen molar-refractivity contribution in [2.24, 2.45) is 0 Å². The summed E-state index contributed by atoms with van der Waals surface area (Å²) in [5, 5.41) is 0. The molecule has 1 amide bonds. The first kappa shape index (κ1) is 14.2. The molecule has 5 heteroatoms. The normalized spacial score (nSPS) is 23.9. The van der Waals surface area contributed by atoms with Gasteiger partial charge >= 0.3 is 0 Å². The quantitative estimate of drug-likeness (QED) is 0.852. The van der Waals surface area contributed by atoms with Crippen LogP contribution in [-0.2, 0) is 11.3 Å². The summed E-state index contributed by atoms with van der Waals surface area (Å²) in [6.07, 6.45) is 4.40. The summed E-state index contributed by atoms with van der Waals surface area (Å²) in [5.41, 5.74) is 1.96. The summed E-state index contributed by atoms with van der Waals surface area (Å²) < 4.78 is 6.16. The largest absolute Gasteiger partial charge is 0.487 e. The topological polar surface area (TPSA) is 45.7 Å². The Morgan fingerprint density at radius 1 is 1.26 bits per heavy atom. The van der Waals surface area contributed by atoms with Crippen molar-refractivity contribution in [3.63, 3.8) is 0 Å². The number of aromatic nitrogens is 1. The predicted molar refractivity (Wildman–Crippen MR) is 87.3 cm³/mol. The molecular formula is C18H19N3O2. The fourth-order valence-electron chi connectivity index (χ4n) is 3.46. The van der Waals surface area contributed by atoms with Gasteiger partial charge in [0.05, 0.1) is 11.7 Å². The second kappa shape index (κ2) is 5.66. The Kier molecular flexibility index (Phi) is 3.50. The van der Waals surface area contributed by atoms with Crippen molar-refractivity contribution < 1.29 is 9.53 Å². The third-order valence-corrected chi connectivity index (χ3v) is 4.61. The lowest BCUT2D eigenvalue weighted by atomic mass is 10.1. The average Bonchev–Trinajstić information content (AvgIpc) is 2.97. The van der Waals surface area contributed by atoms with E-state index in [1.54, 1.807) is 11.1 Å². The van der Waals surface area contributed by atoms with Gasteiger partial charge in [-0.05, 0) is 23.8 Å². The number of rotatable bonds is 2. The molecule has 1 saturated heterocycles. The van der Waals surface area contributed by atoms with Gasteiger partial charge in [-0.1, -0.05) is 18.2 Å². The van der Waals surface area contributed by atoms with Crippen molar-refractivity contribution in [1.29, 1.82) is 0 Å². The highest BCUT2D eigenvalue weighted by molar-refractivity contribution is 5.98. The van der Waals surface area contributed by atoms with Crippen molar-refractivity contribution in [3.05, 3.63) is 54.4 Å². The fourth-order valence-corrected chi connectivity index (χ4v) is 3.46. The first-order valence-corrected chi connectivity index (χ1v) is 7.88. The second-order valence-electron chi connectivity index (χ2n) is 6.15. The first-order valence-electron chi connectivity index (χ1n) is 7.88. The van der Waals surface area contributed by atoms with Crippen LogP contribution in [0.3, 0.4) is 0 Å². The van der Waals surface area contributed by atoms with Crippen LogP contribution in [0.2, 0.25) is 0 Å². The smallest absolute Gasteiger partial charge is 0.244 e. The molecule has 0 aliphatic carbocycles. The van der Waals surface area contributed by atoms with E-state index in [9.17, 15) is 4.79 Å². The molecule has 1 fully saturated rings. The van der Waals surface area contributed by atoms with Crippen LogP contribution in [0.4, 0.5) is 5.69 Å². The summed E-state index contributed by atoms with van der Waals surface area (Å²) >= 11 is 0.